The second-order valence-electron chi connectivity index (χ2n) is 3.34. The molecule has 3 heteroatoms. The van der Waals surface area contributed by atoms with Gasteiger partial charge in [0.1, 0.15) is 0 Å². The third-order valence-electron chi connectivity index (χ3n) is 2.19. The van der Waals surface area contributed by atoms with Gasteiger partial charge < -0.3 is 0 Å². The van der Waals surface area contributed by atoms with E-state index in [0.29, 0.717) is 19.6 Å². The topological polar surface area (TPSA) is 3.24 Å². The molecule has 1 fully saturated rings. The Morgan fingerprint density at radius 1 is 1.23 bits per heavy atom. The van der Waals surface area contributed by atoms with Gasteiger partial charge in [0.15, 0.2) is 0 Å². The zero-order valence-corrected chi connectivity index (χ0v) is 7.95. The Labute approximate surface area is 78.1 Å². The van der Waals surface area contributed by atoms with E-state index in [0.717, 1.165) is 6.42 Å². The van der Waals surface area contributed by atoms with Crippen LogP contribution in [0.2, 0.25) is 0 Å². The highest BCUT2D eigenvalue weighted by Gasteiger charge is 2.33. The first-order chi connectivity index (χ1) is 6.14. The molecule has 0 unspecified atom stereocenters. The molecule has 0 saturated carbocycles. The van der Waals surface area contributed by atoms with E-state index in [9.17, 15) is 8.78 Å². The van der Waals surface area contributed by atoms with E-state index in [1.807, 2.05) is 11.8 Å². The summed E-state index contributed by atoms with van der Waals surface area (Å²) in [6.07, 6.45) is 0.811. The number of hydrogen-bond acceptors (Lipinski definition) is 1. The lowest BCUT2D eigenvalue weighted by Gasteiger charge is -2.30. The lowest BCUT2D eigenvalue weighted by Crippen LogP contribution is -2.39. The Morgan fingerprint density at radius 3 is 2.38 bits per heavy atom. The zero-order valence-electron chi connectivity index (χ0n) is 7.95. The van der Waals surface area contributed by atoms with Crippen LogP contribution in [0.25, 0.3) is 0 Å². The fraction of sp³-hybridized carbons (Fsp3) is 0.800. The second kappa shape index (κ2) is 4.57. The van der Waals surface area contributed by atoms with Crippen LogP contribution in [0.4, 0.5) is 8.78 Å². The summed E-state index contributed by atoms with van der Waals surface area (Å²) in [6.45, 7) is 3.58. The van der Waals surface area contributed by atoms with Crippen LogP contribution in [0.1, 0.15) is 26.2 Å². The molecule has 0 atom stereocenters. The van der Waals surface area contributed by atoms with Gasteiger partial charge in [-0.25, -0.2) is 8.78 Å². The van der Waals surface area contributed by atoms with Crippen molar-refractivity contribution in [2.45, 2.75) is 32.1 Å². The summed E-state index contributed by atoms with van der Waals surface area (Å²) in [5.41, 5.74) is 0. The fourth-order valence-corrected chi connectivity index (χ4v) is 1.33. The van der Waals surface area contributed by atoms with Crippen molar-refractivity contribution in [2.24, 2.45) is 0 Å². The number of piperidine rings is 1. The van der Waals surface area contributed by atoms with Crippen LogP contribution in [-0.2, 0) is 0 Å². The van der Waals surface area contributed by atoms with Crippen LogP contribution >= 0.6 is 0 Å². The lowest BCUT2D eigenvalue weighted by atomic mass is 10.1. The lowest BCUT2D eigenvalue weighted by molar-refractivity contribution is -0.0527. The Hall–Kier alpha value is -0.620. The molecule has 0 aliphatic carbocycles. The van der Waals surface area contributed by atoms with E-state index in [1.165, 1.54) is 0 Å². The SMILES string of the molecule is CCC#CCN1CCC(F)(F)CC1. The highest BCUT2D eigenvalue weighted by molar-refractivity contribution is 5.00. The van der Waals surface area contributed by atoms with Gasteiger partial charge in [0.05, 0.1) is 6.54 Å². The van der Waals surface area contributed by atoms with Gasteiger partial charge in [0, 0.05) is 32.4 Å². The van der Waals surface area contributed by atoms with Gasteiger partial charge in [-0.3, -0.25) is 4.90 Å². The first kappa shape index (κ1) is 10.5. The summed E-state index contributed by atoms with van der Waals surface area (Å²) in [5.74, 6) is 3.46. The van der Waals surface area contributed by atoms with Crippen LogP contribution in [0.5, 0.6) is 0 Å². The maximum atomic E-state index is 12.7. The van der Waals surface area contributed by atoms with Crippen molar-refractivity contribution in [3.05, 3.63) is 0 Å². The van der Waals surface area contributed by atoms with Gasteiger partial charge in [-0.15, -0.1) is 5.92 Å². The van der Waals surface area contributed by atoms with Crippen molar-refractivity contribution in [1.29, 1.82) is 0 Å². The number of rotatable bonds is 1. The summed E-state index contributed by atoms with van der Waals surface area (Å²) >= 11 is 0. The van der Waals surface area contributed by atoms with Gasteiger partial charge in [-0.2, -0.15) is 0 Å². The average Bonchev–Trinajstić information content (AvgIpc) is 2.08. The third kappa shape index (κ3) is 3.73. The van der Waals surface area contributed by atoms with E-state index in [2.05, 4.69) is 11.8 Å². The van der Waals surface area contributed by atoms with Crippen LogP contribution in [0.15, 0.2) is 0 Å². The van der Waals surface area contributed by atoms with Crippen molar-refractivity contribution >= 4 is 0 Å². The van der Waals surface area contributed by atoms with E-state index in [4.69, 9.17) is 0 Å². The summed E-state index contributed by atoms with van der Waals surface area (Å²) in [6, 6.07) is 0. The number of nitrogens with zero attached hydrogens (tertiary/aromatic N) is 1. The molecular formula is C10H15F2N. The molecule has 0 N–H and O–H groups in total. The molecule has 1 rings (SSSR count). The van der Waals surface area contributed by atoms with Gasteiger partial charge in [-0.05, 0) is 0 Å². The largest absolute Gasteiger partial charge is 0.292 e. The van der Waals surface area contributed by atoms with Crippen LogP contribution in [-0.4, -0.2) is 30.5 Å². The molecule has 74 valence electrons. The van der Waals surface area contributed by atoms with Crippen LogP contribution in [0, 0.1) is 11.8 Å². The van der Waals surface area contributed by atoms with Crippen molar-refractivity contribution in [1.82, 2.24) is 4.90 Å². The third-order valence-corrected chi connectivity index (χ3v) is 2.19. The normalized spacial score (nSPS) is 22.1. The monoisotopic (exact) mass is 187 g/mol. The summed E-state index contributed by atoms with van der Waals surface area (Å²) < 4.78 is 25.4. The summed E-state index contributed by atoms with van der Waals surface area (Å²) in [4.78, 5) is 1.99. The molecule has 1 aliphatic rings. The maximum absolute atomic E-state index is 12.7. The van der Waals surface area contributed by atoms with E-state index in [1.54, 1.807) is 0 Å². The number of likely N-dealkylation sites (tertiary alicyclic amines) is 1. The van der Waals surface area contributed by atoms with Crippen LogP contribution < -0.4 is 0 Å². The predicted octanol–water partition coefficient (Wildman–Crippen LogP) is 2.13. The van der Waals surface area contributed by atoms with Gasteiger partial charge in [0.2, 0.25) is 0 Å². The summed E-state index contributed by atoms with van der Waals surface area (Å²) in [5, 5.41) is 0. The first-order valence-corrected chi connectivity index (χ1v) is 4.70. The minimum absolute atomic E-state index is 0.0131. The number of halogens is 2. The molecule has 13 heavy (non-hydrogen) atoms. The average molecular weight is 187 g/mol. The smallest absolute Gasteiger partial charge is 0.250 e. The van der Waals surface area contributed by atoms with E-state index >= 15 is 0 Å². The Bertz CT molecular complexity index is 205. The van der Waals surface area contributed by atoms with Crippen molar-refractivity contribution in [2.75, 3.05) is 19.6 Å². The second-order valence-corrected chi connectivity index (χ2v) is 3.34. The minimum Gasteiger partial charge on any atom is -0.292 e. The molecule has 1 heterocycles. The summed E-state index contributed by atoms with van der Waals surface area (Å²) in [7, 11) is 0. The van der Waals surface area contributed by atoms with Gasteiger partial charge in [-0.1, -0.05) is 12.8 Å². The molecule has 0 aromatic rings. The Kier molecular flexibility index (Phi) is 3.68. The predicted molar refractivity (Wildman–Crippen MR) is 48.7 cm³/mol. The molecule has 0 aromatic carbocycles. The molecule has 1 aliphatic heterocycles. The molecule has 1 nitrogen and oxygen atoms in total. The highest BCUT2D eigenvalue weighted by atomic mass is 19.3. The van der Waals surface area contributed by atoms with Crippen LogP contribution in [0.3, 0.4) is 0 Å². The molecule has 1 saturated heterocycles. The molecule has 0 amide bonds. The van der Waals surface area contributed by atoms with Crippen molar-refractivity contribution in [3.63, 3.8) is 0 Å². The van der Waals surface area contributed by atoms with Crippen molar-refractivity contribution < 1.29 is 8.78 Å². The highest BCUT2D eigenvalue weighted by Crippen LogP contribution is 2.27. The number of alkyl halides is 2. The minimum atomic E-state index is -2.44. The van der Waals surface area contributed by atoms with E-state index < -0.39 is 5.92 Å². The fourth-order valence-electron chi connectivity index (χ4n) is 1.33. The molecule has 0 aromatic heterocycles. The Morgan fingerprint density at radius 2 is 1.85 bits per heavy atom. The quantitative estimate of drug-likeness (QED) is 0.568. The first-order valence-electron chi connectivity index (χ1n) is 4.70. The number of hydrogen-bond donors (Lipinski definition) is 0. The molecule has 0 radical (unpaired) electrons. The molecule has 0 spiro atoms. The molecule has 0 bridgehead atoms. The molecular weight excluding hydrogens is 172 g/mol. The van der Waals surface area contributed by atoms with Gasteiger partial charge in [0.25, 0.3) is 5.92 Å². The van der Waals surface area contributed by atoms with E-state index in [-0.39, 0.29) is 12.8 Å². The Balaban J connectivity index is 2.25. The zero-order chi connectivity index (χ0) is 9.73. The standard InChI is InChI=1S/C10H15F2N/c1-2-3-4-7-13-8-5-10(11,12)6-9-13/h2,5-9H2,1H3. The van der Waals surface area contributed by atoms with Crippen molar-refractivity contribution in [3.8, 4) is 11.8 Å². The maximum Gasteiger partial charge on any atom is 0.250 e. The van der Waals surface area contributed by atoms with Gasteiger partial charge >= 0.3 is 0 Å².